The smallest absolute Gasteiger partial charge is 0.0646 e. The number of hydrogen-bond donors (Lipinski definition) is 1. The second-order valence-electron chi connectivity index (χ2n) is 4.26. The maximum atomic E-state index is 4.41. The van der Waals surface area contributed by atoms with Crippen molar-refractivity contribution < 1.29 is 0 Å². The second-order valence-corrected chi connectivity index (χ2v) is 4.26. The Morgan fingerprint density at radius 1 is 1.24 bits per heavy atom. The molecule has 2 aromatic rings. The van der Waals surface area contributed by atoms with Crippen LogP contribution in [0.15, 0.2) is 18.3 Å². The quantitative estimate of drug-likeness (QED) is 0.880. The number of hydrogen-bond acceptors (Lipinski definition) is 3. The monoisotopic (exact) mass is 230 g/mol. The van der Waals surface area contributed by atoms with E-state index in [2.05, 4.69) is 22.3 Å². The first-order valence-electron chi connectivity index (χ1n) is 5.74. The van der Waals surface area contributed by atoms with Crippen molar-refractivity contribution in [1.82, 2.24) is 14.8 Å². The average molecular weight is 230 g/mol. The van der Waals surface area contributed by atoms with E-state index in [-0.39, 0.29) is 0 Å². The summed E-state index contributed by atoms with van der Waals surface area (Å²) in [7, 11) is 1.97. The van der Waals surface area contributed by atoms with Gasteiger partial charge in [0.15, 0.2) is 0 Å². The Morgan fingerprint density at radius 2 is 2.00 bits per heavy atom. The molecule has 2 heterocycles. The van der Waals surface area contributed by atoms with Gasteiger partial charge in [-0.15, -0.1) is 0 Å². The van der Waals surface area contributed by atoms with E-state index in [4.69, 9.17) is 0 Å². The van der Waals surface area contributed by atoms with Crippen LogP contribution in [0.3, 0.4) is 0 Å². The first kappa shape index (κ1) is 11.6. The Morgan fingerprint density at radius 3 is 2.59 bits per heavy atom. The summed E-state index contributed by atoms with van der Waals surface area (Å²) in [4.78, 5) is 4.26. The molecule has 0 aliphatic carbocycles. The molecule has 0 unspecified atom stereocenters. The van der Waals surface area contributed by atoms with Gasteiger partial charge in [0.1, 0.15) is 0 Å². The van der Waals surface area contributed by atoms with Crippen molar-refractivity contribution >= 4 is 5.69 Å². The Hall–Kier alpha value is -1.84. The van der Waals surface area contributed by atoms with Crippen LogP contribution in [0.5, 0.6) is 0 Å². The third-order valence-corrected chi connectivity index (χ3v) is 3.12. The summed E-state index contributed by atoms with van der Waals surface area (Å²) < 4.78 is 1.92. The van der Waals surface area contributed by atoms with E-state index in [9.17, 15) is 0 Å². The predicted molar refractivity (Wildman–Crippen MR) is 69.0 cm³/mol. The fourth-order valence-electron chi connectivity index (χ4n) is 1.93. The van der Waals surface area contributed by atoms with Gasteiger partial charge >= 0.3 is 0 Å². The molecule has 2 aromatic heterocycles. The summed E-state index contributed by atoms with van der Waals surface area (Å²) in [5, 5.41) is 7.81. The summed E-state index contributed by atoms with van der Waals surface area (Å²) in [6.45, 7) is 6.93. The molecule has 0 aliphatic rings. The van der Waals surface area contributed by atoms with Gasteiger partial charge in [0.05, 0.1) is 17.1 Å². The molecule has 0 spiro atoms. The molecule has 0 bridgehead atoms. The van der Waals surface area contributed by atoms with E-state index in [1.807, 2.05) is 37.7 Å². The lowest BCUT2D eigenvalue weighted by Crippen LogP contribution is -2.04. The molecule has 0 aromatic carbocycles. The lowest BCUT2D eigenvalue weighted by Gasteiger charge is -2.08. The normalized spacial score (nSPS) is 10.6. The van der Waals surface area contributed by atoms with E-state index < -0.39 is 0 Å². The van der Waals surface area contributed by atoms with Crippen molar-refractivity contribution in [3.05, 3.63) is 41.0 Å². The lowest BCUT2D eigenvalue weighted by atomic mass is 10.2. The maximum Gasteiger partial charge on any atom is 0.0646 e. The van der Waals surface area contributed by atoms with E-state index in [0.29, 0.717) is 0 Å². The first-order chi connectivity index (χ1) is 8.09. The van der Waals surface area contributed by atoms with Gasteiger partial charge in [-0.1, -0.05) is 0 Å². The molecule has 90 valence electrons. The maximum absolute atomic E-state index is 4.41. The van der Waals surface area contributed by atoms with E-state index in [0.717, 1.165) is 23.6 Å². The number of aryl methyl sites for hydroxylation is 3. The van der Waals surface area contributed by atoms with E-state index in [1.165, 1.54) is 11.3 Å². The zero-order valence-corrected chi connectivity index (χ0v) is 10.8. The van der Waals surface area contributed by atoms with Gasteiger partial charge in [-0.2, -0.15) is 5.10 Å². The number of nitrogens with one attached hydrogen (secondary N) is 1. The number of nitrogens with zero attached hydrogens (tertiary/aromatic N) is 3. The van der Waals surface area contributed by atoms with Crippen molar-refractivity contribution in [1.29, 1.82) is 0 Å². The van der Waals surface area contributed by atoms with Crippen molar-refractivity contribution in [3.63, 3.8) is 0 Å². The summed E-state index contributed by atoms with van der Waals surface area (Å²) in [5.74, 6) is 0. The van der Waals surface area contributed by atoms with Gasteiger partial charge in [-0.25, -0.2) is 0 Å². The zero-order valence-electron chi connectivity index (χ0n) is 10.8. The molecule has 0 amide bonds. The Balaban J connectivity index is 2.15. The molecule has 1 N–H and O–H groups in total. The summed E-state index contributed by atoms with van der Waals surface area (Å²) >= 11 is 0. The number of aromatic nitrogens is 3. The molecular weight excluding hydrogens is 212 g/mol. The van der Waals surface area contributed by atoms with Crippen LogP contribution in [0.4, 0.5) is 5.69 Å². The lowest BCUT2D eigenvalue weighted by molar-refractivity contribution is 0.730. The molecule has 0 saturated heterocycles. The third kappa shape index (κ3) is 2.30. The molecule has 0 fully saturated rings. The zero-order chi connectivity index (χ0) is 12.4. The molecule has 2 rings (SSSR count). The first-order valence-corrected chi connectivity index (χ1v) is 5.74. The molecule has 0 radical (unpaired) electrons. The highest BCUT2D eigenvalue weighted by molar-refractivity contribution is 5.47. The van der Waals surface area contributed by atoms with Crippen molar-refractivity contribution in [2.45, 2.75) is 27.3 Å². The minimum atomic E-state index is 0.790. The average Bonchev–Trinajstić information content (AvgIpc) is 2.53. The fourth-order valence-corrected chi connectivity index (χ4v) is 1.93. The standard InChI is InChI=1S/C13H18N4/c1-9-12(11(3)17(4)16-9)8-15-13-6-5-7-14-10(13)2/h5-7,15H,8H2,1-4H3. The van der Waals surface area contributed by atoms with Gasteiger partial charge in [-0.05, 0) is 32.9 Å². The van der Waals surface area contributed by atoms with Crippen LogP contribution in [0.25, 0.3) is 0 Å². The van der Waals surface area contributed by atoms with Crippen molar-refractivity contribution in [3.8, 4) is 0 Å². The highest BCUT2D eigenvalue weighted by Gasteiger charge is 2.09. The molecule has 0 aliphatic heterocycles. The van der Waals surface area contributed by atoms with Crippen LogP contribution in [0.1, 0.15) is 22.6 Å². The molecule has 4 heteroatoms. The number of rotatable bonds is 3. The molecule has 17 heavy (non-hydrogen) atoms. The summed E-state index contributed by atoms with van der Waals surface area (Å²) in [6.07, 6.45) is 1.81. The van der Waals surface area contributed by atoms with Crippen LogP contribution in [0, 0.1) is 20.8 Å². The van der Waals surface area contributed by atoms with Crippen molar-refractivity contribution in [2.24, 2.45) is 7.05 Å². The van der Waals surface area contributed by atoms with E-state index in [1.54, 1.807) is 6.20 Å². The summed E-state index contributed by atoms with van der Waals surface area (Å²) in [5.41, 5.74) is 5.65. The molecule has 0 saturated carbocycles. The van der Waals surface area contributed by atoms with Gasteiger partial charge in [0.2, 0.25) is 0 Å². The predicted octanol–water partition coefficient (Wildman–Crippen LogP) is 2.35. The molecule has 4 nitrogen and oxygen atoms in total. The molecular formula is C13H18N4. The second kappa shape index (κ2) is 4.57. The van der Waals surface area contributed by atoms with Crippen LogP contribution < -0.4 is 5.32 Å². The van der Waals surface area contributed by atoms with Gasteiger partial charge in [-0.3, -0.25) is 9.67 Å². The minimum Gasteiger partial charge on any atom is -0.379 e. The van der Waals surface area contributed by atoms with Gasteiger partial charge in [0, 0.05) is 31.0 Å². The highest BCUT2D eigenvalue weighted by Crippen LogP contribution is 2.16. The molecule has 0 atom stereocenters. The van der Waals surface area contributed by atoms with Crippen LogP contribution >= 0.6 is 0 Å². The third-order valence-electron chi connectivity index (χ3n) is 3.12. The number of anilines is 1. The highest BCUT2D eigenvalue weighted by atomic mass is 15.3. The van der Waals surface area contributed by atoms with Crippen LogP contribution in [-0.2, 0) is 13.6 Å². The van der Waals surface area contributed by atoms with E-state index >= 15 is 0 Å². The Bertz CT molecular complexity index is 528. The SMILES string of the molecule is Cc1ncccc1NCc1c(C)nn(C)c1C. The van der Waals surface area contributed by atoms with Gasteiger partial charge < -0.3 is 5.32 Å². The van der Waals surface area contributed by atoms with Crippen LogP contribution in [0.2, 0.25) is 0 Å². The van der Waals surface area contributed by atoms with Crippen molar-refractivity contribution in [2.75, 3.05) is 5.32 Å². The fraction of sp³-hybridized carbons (Fsp3) is 0.385. The van der Waals surface area contributed by atoms with Crippen LogP contribution in [-0.4, -0.2) is 14.8 Å². The Labute approximate surface area is 102 Å². The minimum absolute atomic E-state index is 0.790. The topological polar surface area (TPSA) is 42.7 Å². The summed E-state index contributed by atoms with van der Waals surface area (Å²) in [6, 6.07) is 3.99. The Kier molecular flexibility index (Phi) is 3.13. The number of pyridine rings is 1. The largest absolute Gasteiger partial charge is 0.379 e. The van der Waals surface area contributed by atoms with Gasteiger partial charge in [0.25, 0.3) is 0 Å².